The van der Waals surface area contributed by atoms with Gasteiger partial charge in [0.15, 0.2) is 3.92 Å². The molecule has 12 heavy (non-hydrogen) atoms. The number of hydrogen-bond acceptors (Lipinski definition) is 4. The van der Waals surface area contributed by atoms with Crippen LogP contribution in [0.4, 0.5) is 4.79 Å². The highest BCUT2D eigenvalue weighted by Gasteiger charge is 2.25. The molecule has 6 heteroatoms. The van der Waals surface area contributed by atoms with Crippen LogP contribution in [0.5, 0.6) is 0 Å². The number of alkyl carbamates (subject to hydrolysis) is 1. The summed E-state index contributed by atoms with van der Waals surface area (Å²) in [4.78, 5) is 14.8. The number of ether oxygens (including phenoxy) is 1. The van der Waals surface area contributed by atoms with Crippen LogP contribution in [0.2, 0.25) is 0 Å². The summed E-state index contributed by atoms with van der Waals surface area (Å²) < 4.78 is 5.55. The standard InChI is InChI=1S/C6H5BrN2O2S/c7-5-8-4(2-12-5)3-1-11-6(10)9-3/h2-3H,1H2,(H,9,10). The molecule has 1 saturated heterocycles. The van der Waals surface area contributed by atoms with Crippen LogP contribution < -0.4 is 5.32 Å². The molecule has 1 aromatic heterocycles. The van der Waals surface area contributed by atoms with Crippen LogP contribution in [0.3, 0.4) is 0 Å². The lowest BCUT2D eigenvalue weighted by Crippen LogP contribution is -2.18. The van der Waals surface area contributed by atoms with Gasteiger partial charge in [-0.3, -0.25) is 0 Å². The Morgan fingerprint density at radius 2 is 2.67 bits per heavy atom. The van der Waals surface area contributed by atoms with Crippen LogP contribution in [0.25, 0.3) is 0 Å². The van der Waals surface area contributed by atoms with Crippen molar-refractivity contribution in [3.63, 3.8) is 0 Å². The lowest BCUT2D eigenvalue weighted by molar-refractivity contribution is 0.177. The minimum Gasteiger partial charge on any atom is -0.447 e. The zero-order chi connectivity index (χ0) is 8.55. The normalized spacial score (nSPS) is 22.1. The second-order valence-corrected chi connectivity index (χ2v) is 4.45. The fourth-order valence-electron chi connectivity index (χ4n) is 0.967. The average Bonchev–Trinajstić information content (AvgIpc) is 2.58. The van der Waals surface area contributed by atoms with E-state index in [-0.39, 0.29) is 12.1 Å². The lowest BCUT2D eigenvalue weighted by Gasteiger charge is -2.00. The largest absolute Gasteiger partial charge is 0.447 e. The van der Waals surface area contributed by atoms with Gasteiger partial charge in [0.05, 0.1) is 5.69 Å². The Kier molecular flexibility index (Phi) is 2.02. The molecule has 2 rings (SSSR count). The molecule has 1 aromatic rings. The van der Waals surface area contributed by atoms with E-state index < -0.39 is 0 Å². The number of aromatic nitrogens is 1. The van der Waals surface area contributed by atoms with Crippen LogP contribution in [0.1, 0.15) is 11.7 Å². The van der Waals surface area contributed by atoms with E-state index in [9.17, 15) is 4.79 Å². The quantitative estimate of drug-likeness (QED) is 0.823. The number of carbonyl (C=O) groups is 1. The van der Waals surface area contributed by atoms with Gasteiger partial charge in [0.1, 0.15) is 12.6 Å². The topological polar surface area (TPSA) is 51.2 Å². The molecular weight excluding hydrogens is 244 g/mol. The molecule has 1 fully saturated rings. The molecule has 0 radical (unpaired) electrons. The van der Waals surface area contributed by atoms with E-state index in [2.05, 4.69) is 26.2 Å². The van der Waals surface area contributed by atoms with Gasteiger partial charge >= 0.3 is 6.09 Å². The summed E-state index contributed by atoms with van der Waals surface area (Å²) in [7, 11) is 0. The Morgan fingerprint density at radius 3 is 3.17 bits per heavy atom. The van der Waals surface area contributed by atoms with Crippen molar-refractivity contribution in [2.45, 2.75) is 6.04 Å². The van der Waals surface area contributed by atoms with Crippen LogP contribution in [0, 0.1) is 0 Å². The second kappa shape index (κ2) is 3.02. The Balaban J connectivity index is 2.15. The summed E-state index contributed by atoms with van der Waals surface area (Å²) in [6.07, 6.45) is -0.371. The van der Waals surface area contributed by atoms with Crippen molar-refractivity contribution in [2.75, 3.05) is 6.61 Å². The van der Waals surface area contributed by atoms with Crippen LogP contribution in [0.15, 0.2) is 9.30 Å². The molecule has 1 amide bonds. The summed E-state index contributed by atoms with van der Waals surface area (Å²) >= 11 is 4.74. The van der Waals surface area contributed by atoms with Gasteiger partial charge in [-0.25, -0.2) is 9.78 Å². The molecule has 1 N–H and O–H groups in total. The minimum absolute atomic E-state index is 0.0833. The van der Waals surface area contributed by atoms with Gasteiger partial charge < -0.3 is 10.1 Å². The average molecular weight is 249 g/mol. The number of nitrogens with one attached hydrogen (secondary N) is 1. The summed E-state index contributed by atoms with van der Waals surface area (Å²) in [6.45, 7) is 0.370. The van der Waals surface area contributed by atoms with Gasteiger partial charge in [0.25, 0.3) is 0 Å². The van der Waals surface area contributed by atoms with Crippen LogP contribution >= 0.6 is 27.3 Å². The van der Waals surface area contributed by atoms with Gasteiger partial charge in [-0.2, -0.15) is 0 Å². The Bertz CT molecular complexity index is 314. The van der Waals surface area contributed by atoms with Crippen molar-refractivity contribution in [3.05, 3.63) is 15.0 Å². The lowest BCUT2D eigenvalue weighted by atomic mass is 10.3. The number of halogens is 1. The number of nitrogens with zero attached hydrogens (tertiary/aromatic N) is 1. The Morgan fingerprint density at radius 1 is 1.83 bits per heavy atom. The zero-order valence-electron chi connectivity index (χ0n) is 5.91. The van der Waals surface area contributed by atoms with Crippen molar-refractivity contribution >= 4 is 33.4 Å². The van der Waals surface area contributed by atoms with Crippen molar-refractivity contribution < 1.29 is 9.53 Å². The smallest absolute Gasteiger partial charge is 0.407 e. The number of thiazole rings is 1. The molecule has 0 spiro atoms. The maximum atomic E-state index is 10.7. The van der Waals surface area contributed by atoms with E-state index >= 15 is 0 Å². The molecule has 1 unspecified atom stereocenters. The van der Waals surface area contributed by atoms with Crippen LogP contribution in [-0.2, 0) is 4.74 Å². The summed E-state index contributed by atoms with van der Waals surface area (Å²) in [5.74, 6) is 0. The van der Waals surface area contributed by atoms with E-state index in [1.165, 1.54) is 11.3 Å². The van der Waals surface area contributed by atoms with Gasteiger partial charge in [-0.1, -0.05) is 0 Å². The predicted octanol–water partition coefficient (Wildman–Crippen LogP) is 1.69. The number of hydrogen-bond donors (Lipinski definition) is 1. The van der Waals surface area contributed by atoms with E-state index in [1.54, 1.807) is 0 Å². The molecule has 1 atom stereocenters. The van der Waals surface area contributed by atoms with Crippen molar-refractivity contribution in [2.24, 2.45) is 0 Å². The fraction of sp³-hybridized carbons (Fsp3) is 0.333. The highest BCUT2D eigenvalue weighted by atomic mass is 79.9. The third-order valence-corrected chi connectivity index (χ3v) is 2.91. The monoisotopic (exact) mass is 248 g/mol. The minimum atomic E-state index is -0.371. The van der Waals surface area contributed by atoms with Gasteiger partial charge in [0, 0.05) is 5.38 Å². The number of carbonyl (C=O) groups excluding carboxylic acids is 1. The summed E-state index contributed by atoms with van der Waals surface area (Å²) in [5.41, 5.74) is 0.845. The maximum Gasteiger partial charge on any atom is 0.407 e. The Labute approximate surface area is 81.1 Å². The molecule has 0 bridgehead atoms. The van der Waals surface area contributed by atoms with Crippen LogP contribution in [-0.4, -0.2) is 17.7 Å². The Hall–Kier alpha value is -0.620. The predicted molar refractivity (Wildman–Crippen MR) is 47.0 cm³/mol. The molecule has 64 valence electrons. The zero-order valence-corrected chi connectivity index (χ0v) is 8.31. The SMILES string of the molecule is O=C1NC(c2csc(Br)n2)CO1. The van der Waals surface area contributed by atoms with E-state index in [0.29, 0.717) is 6.61 Å². The van der Waals surface area contributed by atoms with Crippen molar-refractivity contribution in [1.82, 2.24) is 10.3 Å². The first-order valence-electron chi connectivity index (χ1n) is 3.30. The van der Waals surface area contributed by atoms with Crippen molar-refractivity contribution in [3.8, 4) is 0 Å². The number of amides is 1. The first-order valence-corrected chi connectivity index (χ1v) is 4.97. The van der Waals surface area contributed by atoms with Gasteiger partial charge in [-0.15, -0.1) is 11.3 Å². The molecular formula is C6H5BrN2O2S. The number of rotatable bonds is 1. The number of cyclic esters (lactones) is 1. The molecule has 4 nitrogen and oxygen atoms in total. The van der Waals surface area contributed by atoms with E-state index in [0.717, 1.165) is 9.61 Å². The highest BCUT2D eigenvalue weighted by molar-refractivity contribution is 9.11. The fourth-order valence-corrected chi connectivity index (χ4v) is 2.05. The first kappa shape index (κ1) is 8.00. The maximum absolute atomic E-state index is 10.7. The summed E-state index contributed by atoms with van der Waals surface area (Å²) in [5, 5.41) is 4.54. The first-order chi connectivity index (χ1) is 5.75. The molecule has 2 heterocycles. The van der Waals surface area contributed by atoms with E-state index in [4.69, 9.17) is 4.74 Å². The van der Waals surface area contributed by atoms with Gasteiger partial charge in [0.2, 0.25) is 0 Å². The van der Waals surface area contributed by atoms with Gasteiger partial charge in [-0.05, 0) is 15.9 Å². The molecule has 1 aliphatic heterocycles. The molecule has 1 aliphatic rings. The summed E-state index contributed by atoms with van der Waals surface area (Å²) in [6, 6.07) is -0.0833. The second-order valence-electron chi connectivity index (χ2n) is 2.32. The third-order valence-electron chi connectivity index (χ3n) is 1.52. The molecule has 0 saturated carbocycles. The third kappa shape index (κ3) is 1.44. The molecule has 0 aliphatic carbocycles. The van der Waals surface area contributed by atoms with Crippen molar-refractivity contribution in [1.29, 1.82) is 0 Å². The highest BCUT2D eigenvalue weighted by Crippen LogP contribution is 2.23. The molecule has 0 aromatic carbocycles. The van der Waals surface area contributed by atoms with E-state index in [1.807, 2.05) is 5.38 Å².